The molecule has 0 aromatic heterocycles. The number of amides is 1. The maximum absolute atomic E-state index is 12.8. The summed E-state index contributed by atoms with van der Waals surface area (Å²) in [7, 11) is 5.15. The summed E-state index contributed by atoms with van der Waals surface area (Å²) in [5.74, 6) is 2.68. The Labute approximate surface area is 208 Å². The number of nitrogens with zero attached hydrogens (tertiary/aromatic N) is 3. The molecule has 1 aliphatic carbocycles. The number of hydrogen-bond donors (Lipinski definition) is 1. The van der Waals surface area contributed by atoms with Crippen molar-refractivity contribution in [3.05, 3.63) is 23.3 Å². The molecule has 4 rings (SSSR count). The number of carbonyl (C=O) groups is 1. The van der Waals surface area contributed by atoms with Gasteiger partial charge in [0.05, 0.1) is 14.2 Å². The van der Waals surface area contributed by atoms with Crippen molar-refractivity contribution in [1.82, 2.24) is 15.1 Å². The number of guanidine groups is 1. The van der Waals surface area contributed by atoms with Crippen LogP contribution in [0.4, 0.5) is 0 Å². The third-order valence-corrected chi connectivity index (χ3v) is 7.29. The molecule has 0 unspecified atom stereocenters. The SMILES string of the molecule is CN=C(NCCCC(=O)N1CCc2cc(OC)c(OC)cc2C1)N1CCC2(CCC2)C1.I. The summed E-state index contributed by atoms with van der Waals surface area (Å²) in [5, 5.41) is 3.47. The standard InChI is InChI=1S/C24H36N4O3.HI/c1-25-23(28-13-10-24(17-28)8-5-9-24)26-11-4-6-22(29)27-12-7-18-14-20(30-2)21(31-3)15-19(18)16-27;/h14-15H,4-13,16-17H2,1-3H3,(H,25,26);1H. The molecule has 0 atom stereocenters. The smallest absolute Gasteiger partial charge is 0.222 e. The zero-order chi connectivity index (χ0) is 21.8. The van der Waals surface area contributed by atoms with Gasteiger partial charge in [0.2, 0.25) is 5.91 Å². The van der Waals surface area contributed by atoms with Gasteiger partial charge < -0.3 is 24.6 Å². The first kappa shape index (κ1) is 24.9. The fourth-order valence-electron chi connectivity index (χ4n) is 5.23. The van der Waals surface area contributed by atoms with Crippen molar-refractivity contribution in [2.45, 2.75) is 51.5 Å². The monoisotopic (exact) mass is 556 g/mol. The minimum absolute atomic E-state index is 0. The molecule has 2 aliphatic heterocycles. The van der Waals surface area contributed by atoms with E-state index in [2.05, 4.69) is 15.2 Å². The number of halogens is 1. The number of hydrogen-bond acceptors (Lipinski definition) is 4. The Kier molecular flexibility index (Phi) is 8.52. The largest absolute Gasteiger partial charge is 0.493 e. The first-order valence-electron chi connectivity index (χ1n) is 11.5. The van der Waals surface area contributed by atoms with Crippen LogP contribution in [0.2, 0.25) is 0 Å². The first-order chi connectivity index (χ1) is 15.1. The van der Waals surface area contributed by atoms with Gasteiger partial charge >= 0.3 is 0 Å². The molecule has 0 bridgehead atoms. The van der Waals surface area contributed by atoms with Gasteiger partial charge in [-0.3, -0.25) is 9.79 Å². The fourth-order valence-corrected chi connectivity index (χ4v) is 5.23. The van der Waals surface area contributed by atoms with Crippen LogP contribution in [0.1, 0.15) is 49.7 Å². The quantitative estimate of drug-likeness (QED) is 0.252. The Hall–Kier alpha value is -1.71. The van der Waals surface area contributed by atoms with Gasteiger partial charge in [0.1, 0.15) is 0 Å². The molecule has 7 nitrogen and oxygen atoms in total. The molecule has 32 heavy (non-hydrogen) atoms. The Morgan fingerprint density at radius 2 is 1.81 bits per heavy atom. The molecule has 1 amide bonds. The van der Waals surface area contributed by atoms with Crippen molar-refractivity contribution in [2.75, 3.05) is 47.4 Å². The number of nitrogens with one attached hydrogen (secondary N) is 1. The van der Waals surface area contributed by atoms with E-state index in [1.165, 1.54) is 31.2 Å². The predicted octanol–water partition coefficient (Wildman–Crippen LogP) is 3.44. The summed E-state index contributed by atoms with van der Waals surface area (Å²) >= 11 is 0. The summed E-state index contributed by atoms with van der Waals surface area (Å²) in [6.45, 7) is 4.40. The maximum Gasteiger partial charge on any atom is 0.222 e. The van der Waals surface area contributed by atoms with Crippen LogP contribution in [-0.2, 0) is 17.8 Å². The zero-order valence-electron chi connectivity index (χ0n) is 19.6. The lowest BCUT2D eigenvalue weighted by Crippen LogP contribution is -2.43. The Balaban J connectivity index is 0.00000289. The number of benzene rings is 1. The van der Waals surface area contributed by atoms with E-state index in [9.17, 15) is 4.79 Å². The Morgan fingerprint density at radius 3 is 2.41 bits per heavy atom. The first-order valence-corrected chi connectivity index (χ1v) is 11.5. The number of carbonyl (C=O) groups excluding carboxylic acids is 1. The molecule has 2 heterocycles. The molecule has 2 fully saturated rings. The normalized spacial score (nSPS) is 19.2. The average Bonchev–Trinajstić information content (AvgIpc) is 3.24. The highest BCUT2D eigenvalue weighted by Crippen LogP contribution is 2.47. The minimum atomic E-state index is 0. The van der Waals surface area contributed by atoms with E-state index in [-0.39, 0.29) is 29.9 Å². The molecule has 3 aliphatic rings. The van der Waals surface area contributed by atoms with Crippen LogP contribution in [-0.4, -0.2) is 69.1 Å². The number of aliphatic imine (C=N–C) groups is 1. The molecular formula is C24H37IN4O3. The van der Waals surface area contributed by atoms with Gasteiger partial charge in [-0.05, 0) is 60.8 Å². The molecule has 1 saturated carbocycles. The van der Waals surface area contributed by atoms with E-state index in [0.29, 0.717) is 18.4 Å². The molecule has 178 valence electrons. The molecule has 1 aromatic rings. The van der Waals surface area contributed by atoms with E-state index in [1.54, 1.807) is 14.2 Å². The minimum Gasteiger partial charge on any atom is -0.493 e. The van der Waals surface area contributed by atoms with E-state index in [4.69, 9.17) is 9.47 Å². The van der Waals surface area contributed by atoms with Crippen LogP contribution in [0.25, 0.3) is 0 Å². The summed E-state index contributed by atoms with van der Waals surface area (Å²) in [6, 6.07) is 4.04. The van der Waals surface area contributed by atoms with Gasteiger partial charge in [-0.1, -0.05) is 6.42 Å². The van der Waals surface area contributed by atoms with E-state index in [0.717, 1.165) is 62.0 Å². The van der Waals surface area contributed by atoms with Crippen molar-refractivity contribution >= 4 is 35.8 Å². The Morgan fingerprint density at radius 1 is 1.09 bits per heavy atom. The van der Waals surface area contributed by atoms with Crippen LogP contribution < -0.4 is 14.8 Å². The molecule has 1 N–H and O–H groups in total. The van der Waals surface area contributed by atoms with Crippen LogP contribution in [0.3, 0.4) is 0 Å². The lowest BCUT2D eigenvalue weighted by Gasteiger charge is -2.38. The van der Waals surface area contributed by atoms with Crippen molar-refractivity contribution < 1.29 is 14.3 Å². The number of ether oxygens (including phenoxy) is 2. The highest BCUT2D eigenvalue weighted by molar-refractivity contribution is 14.0. The predicted molar refractivity (Wildman–Crippen MR) is 137 cm³/mol. The molecule has 1 spiro atoms. The van der Waals surface area contributed by atoms with Gasteiger partial charge in [-0.25, -0.2) is 0 Å². The van der Waals surface area contributed by atoms with Crippen LogP contribution in [0.15, 0.2) is 17.1 Å². The van der Waals surface area contributed by atoms with Crippen molar-refractivity contribution in [3.8, 4) is 11.5 Å². The molecule has 1 saturated heterocycles. The van der Waals surface area contributed by atoms with Gasteiger partial charge in [-0.15, -0.1) is 24.0 Å². The van der Waals surface area contributed by atoms with Crippen molar-refractivity contribution in [3.63, 3.8) is 0 Å². The van der Waals surface area contributed by atoms with E-state index < -0.39 is 0 Å². The fraction of sp³-hybridized carbons (Fsp3) is 0.667. The summed E-state index contributed by atoms with van der Waals surface area (Å²) in [6.07, 6.45) is 7.62. The van der Waals surface area contributed by atoms with Crippen LogP contribution in [0.5, 0.6) is 11.5 Å². The second-order valence-corrected chi connectivity index (χ2v) is 9.14. The molecule has 8 heteroatoms. The van der Waals surface area contributed by atoms with Gasteiger partial charge in [0, 0.05) is 46.2 Å². The topological polar surface area (TPSA) is 66.4 Å². The maximum atomic E-state index is 12.8. The second-order valence-electron chi connectivity index (χ2n) is 9.14. The Bertz CT molecular complexity index is 841. The highest BCUT2D eigenvalue weighted by atomic mass is 127. The molecule has 0 radical (unpaired) electrons. The van der Waals surface area contributed by atoms with Gasteiger partial charge in [0.15, 0.2) is 17.5 Å². The average molecular weight is 556 g/mol. The number of fused-ring (bicyclic) bond motifs is 1. The number of likely N-dealkylation sites (tertiary alicyclic amines) is 1. The second kappa shape index (κ2) is 10.9. The van der Waals surface area contributed by atoms with Crippen molar-refractivity contribution in [2.24, 2.45) is 10.4 Å². The molecular weight excluding hydrogens is 519 g/mol. The summed E-state index contributed by atoms with van der Waals surface area (Å²) < 4.78 is 10.8. The summed E-state index contributed by atoms with van der Waals surface area (Å²) in [5.41, 5.74) is 2.95. The number of methoxy groups -OCH3 is 2. The van der Waals surface area contributed by atoms with Crippen LogP contribution in [0, 0.1) is 5.41 Å². The van der Waals surface area contributed by atoms with Crippen LogP contribution >= 0.6 is 24.0 Å². The van der Waals surface area contributed by atoms with Gasteiger partial charge in [0.25, 0.3) is 0 Å². The molecule has 1 aromatic carbocycles. The third kappa shape index (κ3) is 5.26. The lowest BCUT2D eigenvalue weighted by atomic mass is 9.68. The third-order valence-electron chi connectivity index (χ3n) is 7.29. The lowest BCUT2D eigenvalue weighted by molar-refractivity contribution is -0.132. The number of rotatable bonds is 6. The van der Waals surface area contributed by atoms with Crippen molar-refractivity contribution in [1.29, 1.82) is 0 Å². The van der Waals surface area contributed by atoms with E-state index in [1.807, 2.05) is 24.1 Å². The van der Waals surface area contributed by atoms with Gasteiger partial charge in [-0.2, -0.15) is 0 Å². The summed E-state index contributed by atoms with van der Waals surface area (Å²) in [4.78, 5) is 21.6. The zero-order valence-corrected chi connectivity index (χ0v) is 21.9. The van der Waals surface area contributed by atoms with E-state index >= 15 is 0 Å². The highest BCUT2D eigenvalue weighted by Gasteiger charge is 2.43.